The molecule has 0 aromatic heterocycles. The molecular weight excluding hydrogens is 168 g/mol. The molecule has 2 aliphatic rings. The highest BCUT2D eigenvalue weighted by Gasteiger charge is 2.29. The van der Waals surface area contributed by atoms with Crippen molar-refractivity contribution in [2.45, 2.75) is 31.7 Å². The molecule has 2 fully saturated rings. The van der Waals surface area contributed by atoms with E-state index in [0.29, 0.717) is 25.4 Å². The SMILES string of the molecule is O=C1CCC(C(=O)NC2CC2)CN1. The fraction of sp³-hybridized carbons (Fsp3) is 0.778. The predicted molar refractivity (Wildman–Crippen MR) is 46.9 cm³/mol. The lowest BCUT2D eigenvalue weighted by atomic mass is 9.98. The van der Waals surface area contributed by atoms with E-state index in [4.69, 9.17) is 0 Å². The van der Waals surface area contributed by atoms with Crippen LogP contribution in [0.5, 0.6) is 0 Å². The molecule has 1 saturated heterocycles. The third-order valence-electron chi connectivity index (χ3n) is 2.56. The van der Waals surface area contributed by atoms with Crippen molar-refractivity contribution in [3.63, 3.8) is 0 Å². The first-order valence-electron chi connectivity index (χ1n) is 4.83. The molecule has 4 nitrogen and oxygen atoms in total. The topological polar surface area (TPSA) is 58.2 Å². The summed E-state index contributed by atoms with van der Waals surface area (Å²) in [5, 5.41) is 5.66. The number of carbonyl (C=O) groups is 2. The number of piperidine rings is 1. The van der Waals surface area contributed by atoms with Gasteiger partial charge in [0.05, 0.1) is 5.92 Å². The minimum atomic E-state index is -0.00157. The van der Waals surface area contributed by atoms with E-state index in [0.717, 1.165) is 12.8 Å². The van der Waals surface area contributed by atoms with Gasteiger partial charge in [-0.05, 0) is 19.3 Å². The van der Waals surface area contributed by atoms with Crippen molar-refractivity contribution < 1.29 is 9.59 Å². The molecule has 1 heterocycles. The molecule has 0 aromatic rings. The van der Waals surface area contributed by atoms with Gasteiger partial charge in [0.1, 0.15) is 0 Å². The summed E-state index contributed by atoms with van der Waals surface area (Å²) in [5.74, 6) is 0.177. The summed E-state index contributed by atoms with van der Waals surface area (Å²) in [6.07, 6.45) is 3.42. The number of nitrogens with one attached hydrogen (secondary N) is 2. The van der Waals surface area contributed by atoms with Crippen LogP contribution < -0.4 is 10.6 Å². The van der Waals surface area contributed by atoms with Gasteiger partial charge in [-0.3, -0.25) is 9.59 Å². The Morgan fingerprint density at radius 2 is 2.15 bits per heavy atom. The summed E-state index contributed by atoms with van der Waals surface area (Å²) < 4.78 is 0. The van der Waals surface area contributed by atoms with Crippen LogP contribution in [0.3, 0.4) is 0 Å². The van der Waals surface area contributed by atoms with Crippen LogP contribution in [0.25, 0.3) is 0 Å². The lowest BCUT2D eigenvalue weighted by Gasteiger charge is -2.21. The van der Waals surface area contributed by atoms with Crippen LogP contribution in [0, 0.1) is 5.92 Å². The zero-order valence-electron chi connectivity index (χ0n) is 7.51. The Hall–Kier alpha value is -1.06. The van der Waals surface area contributed by atoms with Gasteiger partial charge in [0.2, 0.25) is 11.8 Å². The standard InChI is InChI=1S/C9H14N2O2/c12-8-4-1-6(5-10-8)9(13)11-7-2-3-7/h6-7H,1-5H2,(H,10,12)(H,11,13). The van der Waals surface area contributed by atoms with E-state index in [-0.39, 0.29) is 17.7 Å². The smallest absolute Gasteiger partial charge is 0.225 e. The predicted octanol–water partition coefficient (Wildman–Crippen LogP) is -0.209. The lowest BCUT2D eigenvalue weighted by molar-refractivity contribution is -0.129. The molecule has 1 unspecified atom stereocenters. The highest BCUT2D eigenvalue weighted by molar-refractivity contribution is 5.83. The van der Waals surface area contributed by atoms with Crippen molar-refractivity contribution in [1.29, 1.82) is 0 Å². The Morgan fingerprint density at radius 3 is 2.69 bits per heavy atom. The average Bonchev–Trinajstić information content (AvgIpc) is 2.89. The van der Waals surface area contributed by atoms with Crippen LogP contribution in [-0.2, 0) is 9.59 Å². The van der Waals surface area contributed by atoms with Crippen molar-refractivity contribution in [2.24, 2.45) is 5.92 Å². The molecule has 4 heteroatoms. The van der Waals surface area contributed by atoms with E-state index in [1.807, 2.05) is 0 Å². The monoisotopic (exact) mass is 182 g/mol. The third-order valence-corrected chi connectivity index (χ3v) is 2.56. The molecule has 1 aliphatic heterocycles. The van der Waals surface area contributed by atoms with Gasteiger partial charge in [-0.25, -0.2) is 0 Å². The minimum Gasteiger partial charge on any atom is -0.355 e. The minimum absolute atomic E-state index is 0.00157. The number of rotatable bonds is 2. The van der Waals surface area contributed by atoms with Gasteiger partial charge >= 0.3 is 0 Å². The summed E-state index contributed by atoms with van der Waals surface area (Å²) in [7, 11) is 0. The molecule has 1 atom stereocenters. The fourth-order valence-electron chi connectivity index (χ4n) is 1.50. The molecule has 0 bridgehead atoms. The molecule has 13 heavy (non-hydrogen) atoms. The summed E-state index contributed by atoms with van der Waals surface area (Å²) >= 11 is 0. The Morgan fingerprint density at radius 1 is 1.38 bits per heavy atom. The van der Waals surface area contributed by atoms with Gasteiger partial charge in [-0.2, -0.15) is 0 Å². The normalized spacial score (nSPS) is 28.0. The first kappa shape index (κ1) is 8.53. The fourth-order valence-corrected chi connectivity index (χ4v) is 1.50. The Bertz CT molecular complexity index is 226. The Kier molecular flexibility index (Phi) is 2.20. The number of hydrogen-bond donors (Lipinski definition) is 2. The van der Waals surface area contributed by atoms with E-state index < -0.39 is 0 Å². The van der Waals surface area contributed by atoms with Crippen LogP contribution in [0.4, 0.5) is 0 Å². The zero-order chi connectivity index (χ0) is 9.26. The van der Waals surface area contributed by atoms with Crippen LogP contribution >= 0.6 is 0 Å². The Balaban J connectivity index is 1.78. The van der Waals surface area contributed by atoms with E-state index in [1.165, 1.54) is 0 Å². The van der Waals surface area contributed by atoms with Gasteiger partial charge in [-0.1, -0.05) is 0 Å². The maximum atomic E-state index is 11.5. The molecule has 2 N–H and O–H groups in total. The average molecular weight is 182 g/mol. The van der Waals surface area contributed by atoms with Crippen molar-refractivity contribution in [3.05, 3.63) is 0 Å². The third kappa shape index (κ3) is 2.20. The summed E-state index contributed by atoms with van der Waals surface area (Å²) in [6, 6.07) is 0.421. The molecule has 0 radical (unpaired) electrons. The molecule has 72 valence electrons. The van der Waals surface area contributed by atoms with E-state index in [1.54, 1.807) is 0 Å². The molecule has 1 aliphatic carbocycles. The quantitative estimate of drug-likeness (QED) is 0.621. The van der Waals surface area contributed by atoms with Crippen molar-refractivity contribution in [1.82, 2.24) is 10.6 Å². The van der Waals surface area contributed by atoms with Crippen LogP contribution in [0.15, 0.2) is 0 Å². The summed E-state index contributed by atoms with van der Waals surface area (Å²) in [5.41, 5.74) is 0. The highest BCUT2D eigenvalue weighted by Crippen LogP contribution is 2.20. The Labute approximate surface area is 77.1 Å². The molecule has 2 amide bonds. The largest absolute Gasteiger partial charge is 0.355 e. The van der Waals surface area contributed by atoms with Gasteiger partial charge < -0.3 is 10.6 Å². The first-order chi connectivity index (χ1) is 6.25. The highest BCUT2D eigenvalue weighted by atomic mass is 16.2. The van der Waals surface area contributed by atoms with Crippen molar-refractivity contribution in [2.75, 3.05) is 6.54 Å². The van der Waals surface area contributed by atoms with E-state index in [9.17, 15) is 9.59 Å². The summed E-state index contributed by atoms with van der Waals surface area (Å²) in [4.78, 5) is 22.3. The van der Waals surface area contributed by atoms with Crippen molar-refractivity contribution >= 4 is 11.8 Å². The second kappa shape index (κ2) is 3.36. The van der Waals surface area contributed by atoms with Gasteiger partial charge in [0.25, 0.3) is 0 Å². The number of amides is 2. The summed E-state index contributed by atoms with van der Waals surface area (Å²) in [6.45, 7) is 0.511. The molecule has 0 spiro atoms. The zero-order valence-corrected chi connectivity index (χ0v) is 7.51. The lowest BCUT2D eigenvalue weighted by Crippen LogP contribution is -2.43. The maximum absolute atomic E-state index is 11.5. The molecule has 0 aromatic carbocycles. The van der Waals surface area contributed by atoms with Gasteiger partial charge in [0, 0.05) is 19.0 Å². The van der Waals surface area contributed by atoms with E-state index >= 15 is 0 Å². The van der Waals surface area contributed by atoms with Gasteiger partial charge in [-0.15, -0.1) is 0 Å². The van der Waals surface area contributed by atoms with Crippen LogP contribution in [-0.4, -0.2) is 24.4 Å². The molecule has 1 saturated carbocycles. The van der Waals surface area contributed by atoms with Gasteiger partial charge in [0.15, 0.2) is 0 Å². The second-order valence-electron chi connectivity index (χ2n) is 3.82. The number of carbonyl (C=O) groups excluding carboxylic acids is 2. The first-order valence-corrected chi connectivity index (χ1v) is 4.83. The second-order valence-corrected chi connectivity index (χ2v) is 3.82. The molecular formula is C9H14N2O2. The van der Waals surface area contributed by atoms with E-state index in [2.05, 4.69) is 10.6 Å². The number of hydrogen-bond acceptors (Lipinski definition) is 2. The maximum Gasteiger partial charge on any atom is 0.225 e. The van der Waals surface area contributed by atoms with Crippen molar-refractivity contribution in [3.8, 4) is 0 Å². The molecule has 2 rings (SSSR count). The van der Waals surface area contributed by atoms with Crippen LogP contribution in [0.2, 0.25) is 0 Å². The van der Waals surface area contributed by atoms with Crippen LogP contribution in [0.1, 0.15) is 25.7 Å².